The first kappa shape index (κ1) is 13.7. The summed E-state index contributed by atoms with van der Waals surface area (Å²) in [5.41, 5.74) is 6.66. The zero-order valence-corrected chi connectivity index (χ0v) is 13.2. The molecule has 2 heterocycles. The normalized spacial score (nSPS) is 11.0. The number of rotatable bonds is 2. The second kappa shape index (κ2) is 5.36. The van der Waals surface area contributed by atoms with Crippen LogP contribution in [-0.2, 0) is 7.05 Å². The summed E-state index contributed by atoms with van der Waals surface area (Å²) < 4.78 is 2.13. The average Bonchev–Trinajstić information content (AvgIpc) is 2.93. The summed E-state index contributed by atoms with van der Waals surface area (Å²) in [4.78, 5) is 9.06. The van der Waals surface area contributed by atoms with Crippen molar-refractivity contribution in [1.82, 2.24) is 14.5 Å². The third kappa shape index (κ3) is 2.21. The van der Waals surface area contributed by atoms with Gasteiger partial charge in [-0.1, -0.05) is 54.6 Å². The lowest BCUT2D eigenvalue weighted by Gasteiger charge is -2.06. The highest BCUT2D eigenvalue weighted by atomic mass is 15.0. The van der Waals surface area contributed by atoms with Crippen LogP contribution in [0.2, 0.25) is 0 Å². The molecule has 2 aromatic heterocycles. The molecule has 4 aromatic rings. The molecule has 0 saturated heterocycles. The minimum Gasteiger partial charge on any atom is -0.328 e. The van der Waals surface area contributed by atoms with E-state index in [4.69, 9.17) is 0 Å². The van der Waals surface area contributed by atoms with Gasteiger partial charge in [-0.25, -0.2) is 9.97 Å². The quantitative estimate of drug-likeness (QED) is 0.541. The van der Waals surface area contributed by atoms with Crippen LogP contribution in [0.5, 0.6) is 0 Å². The van der Waals surface area contributed by atoms with Gasteiger partial charge >= 0.3 is 0 Å². The van der Waals surface area contributed by atoms with E-state index >= 15 is 0 Å². The molecule has 112 valence electrons. The van der Waals surface area contributed by atoms with Crippen molar-refractivity contribution in [3.05, 3.63) is 72.6 Å². The van der Waals surface area contributed by atoms with Crippen LogP contribution < -0.4 is 0 Å². The Bertz CT molecular complexity index is 984. The Morgan fingerprint density at radius 3 is 2.39 bits per heavy atom. The molecule has 23 heavy (non-hydrogen) atoms. The van der Waals surface area contributed by atoms with Crippen LogP contribution in [0.15, 0.2) is 67.0 Å². The van der Waals surface area contributed by atoms with Gasteiger partial charge in [0.1, 0.15) is 12.0 Å². The Morgan fingerprint density at radius 1 is 0.870 bits per heavy atom. The topological polar surface area (TPSA) is 30.7 Å². The molecule has 0 N–H and O–H groups in total. The molecular weight excluding hydrogens is 282 g/mol. The summed E-state index contributed by atoms with van der Waals surface area (Å²) in [5, 5.41) is 1.09. The Hall–Kier alpha value is -2.94. The van der Waals surface area contributed by atoms with Gasteiger partial charge in [0.15, 0.2) is 0 Å². The molecule has 0 atom stereocenters. The van der Waals surface area contributed by atoms with Crippen molar-refractivity contribution in [2.75, 3.05) is 0 Å². The number of hydrogen-bond acceptors (Lipinski definition) is 2. The lowest BCUT2D eigenvalue weighted by molar-refractivity contribution is 0.952. The molecule has 0 spiro atoms. The predicted molar refractivity (Wildman–Crippen MR) is 94.1 cm³/mol. The monoisotopic (exact) mass is 299 g/mol. The summed E-state index contributed by atoms with van der Waals surface area (Å²) in [5.74, 6) is 0. The second-order valence-corrected chi connectivity index (χ2v) is 5.73. The molecular formula is C20H17N3. The maximum Gasteiger partial charge on any atom is 0.144 e. The highest BCUT2D eigenvalue weighted by Gasteiger charge is 2.14. The zero-order valence-electron chi connectivity index (χ0n) is 13.2. The number of nitrogens with zero attached hydrogens (tertiary/aromatic N) is 3. The first-order valence-corrected chi connectivity index (χ1v) is 7.67. The SMILES string of the molecule is Cc1ccccc1-c1ncnc2c1cc(-c1ccccc1)n2C. The molecule has 0 amide bonds. The molecule has 0 unspecified atom stereocenters. The van der Waals surface area contributed by atoms with Gasteiger partial charge in [0.2, 0.25) is 0 Å². The third-order valence-corrected chi connectivity index (χ3v) is 4.29. The van der Waals surface area contributed by atoms with E-state index in [0.29, 0.717) is 0 Å². The fourth-order valence-corrected chi connectivity index (χ4v) is 3.07. The summed E-state index contributed by atoms with van der Waals surface area (Å²) in [6.07, 6.45) is 1.65. The maximum absolute atomic E-state index is 4.56. The van der Waals surface area contributed by atoms with Crippen molar-refractivity contribution >= 4 is 11.0 Å². The van der Waals surface area contributed by atoms with Gasteiger partial charge in [-0.2, -0.15) is 0 Å². The molecule has 0 radical (unpaired) electrons. The van der Waals surface area contributed by atoms with Crippen molar-refractivity contribution in [3.8, 4) is 22.5 Å². The highest BCUT2D eigenvalue weighted by molar-refractivity contribution is 5.95. The van der Waals surface area contributed by atoms with E-state index in [0.717, 1.165) is 28.0 Å². The standard InChI is InChI=1S/C20H17N3/c1-14-8-6-7-11-16(14)19-17-12-18(15-9-4-3-5-10-15)23(2)20(17)22-13-21-19/h3-13H,1-2H3. The molecule has 0 aliphatic carbocycles. The van der Waals surface area contributed by atoms with Crippen LogP contribution in [0, 0.1) is 6.92 Å². The zero-order chi connectivity index (χ0) is 15.8. The molecule has 2 aromatic carbocycles. The van der Waals surface area contributed by atoms with Crippen molar-refractivity contribution < 1.29 is 0 Å². The van der Waals surface area contributed by atoms with Gasteiger partial charge in [0.25, 0.3) is 0 Å². The summed E-state index contributed by atoms with van der Waals surface area (Å²) in [7, 11) is 2.05. The lowest BCUT2D eigenvalue weighted by Crippen LogP contribution is -1.94. The minimum absolute atomic E-state index is 0.956. The van der Waals surface area contributed by atoms with Gasteiger partial charge in [-0.05, 0) is 24.1 Å². The van der Waals surface area contributed by atoms with E-state index in [2.05, 4.69) is 83.1 Å². The van der Waals surface area contributed by atoms with Crippen LogP contribution in [0.1, 0.15) is 5.56 Å². The molecule has 4 rings (SSSR count). The van der Waals surface area contributed by atoms with E-state index in [-0.39, 0.29) is 0 Å². The van der Waals surface area contributed by atoms with E-state index in [1.165, 1.54) is 11.1 Å². The number of fused-ring (bicyclic) bond motifs is 1. The first-order valence-electron chi connectivity index (χ1n) is 7.67. The molecule has 0 aliphatic heterocycles. The van der Waals surface area contributed by atoms with Crippen LogP contribution >= 0.6 is 0 Å². The number of hydrogen-bond donors (Lipinski definition) is 0. The average molecular weight is 299 g/mol. The molecule has 0 saturated carbocycles. The minimum atomic E-state index is 0.956. The Kier molecular flexibility index (Phi) is 3.19. The van der Waals surface area contributed by atoms with Gasteiger partial charge in [-0.15, -0.1) is 0 Å². The largest absolute Gasteiger partial charge is 0.328 e. The Balaban J connectivity index is 2.01. The first-order chi connectivity index (χ1) is 11.3. The highest BCUT2D eigenvalue weighted by Crippen LogP contribution is 2.32. The van der Waals surface area contributed by atoms with Crippen molar-refractivity contribution in [1.29, 1.82) is 0 Å². The van der Waals surface area contributed by atoms with Crippen LogP contribution in [0.3, 0.4) is 0 Å². The Morgan fingerprint density at radius 2 is 1.61 bits per heavy atom. The van der Waals surface area contributed by atoms with E-state index < -0.39 is 0 Å². The summed E-state index contributed by atoms with van der Waals surface area (Å²) in [6.45, 7) is 2.12. The van der Waals surface area contributed by atoms with E-state index in [1.54, 1.807) is 6.33 Å². The maximum atomic E-state index is 4.56. The molecule has 0 aliphatic rings. The van der Waals surface area contributed by atoms with Crippen LogP contribution in [0.25, 0.3) is 33.5 Å². The second-order valence-electron chi connectivity index (χ2n) is 5.73. The van der Waals surface area contributed by atoms with E-state index in [1.807, 2.05) is 6.07 Å². The van der Waals surface area contributed by atoms with Crippen molar-refractivity contribution in [2.24, 2.45) is 7.05 Å². The lowest BCUT2D eigenvalue weighted by atomic mass is 10.0. The van der Waals surface area contributed by atoms with E-state index in [9.17, 15) is 0 Å². The van der Waals surface area contributed by atoms with Crippen molar-refractivity contribution in [3.63, 3.8) is 0 Å². The van der Waals surface area contributed by atoms with Crippen molar-refractivity contribution in [2.45, 2.75) is 6.92 Å². The van der Waals surface area contributed by atoms with Crippen LogP contribution in [-0.4, -0.2) is 14.5 Å². The molecule has 3 heteroatoms. The van der Waals surface area contributed by atoms with Gasteiger partial charge in [-0.3, -0.25) is 0 Å². The Labute approximate surface area is 135 Å². The van der Waals surface area contributed by atoms with Crippen LogP contribution in [0.4, 0.5) is 0 Å². The smallest absolute Gasteiger partial charge is 0.144 e. The predicted octanol–water partition coefficient (Wildman–Crippen LogP) is 4.61. The third-order valence-electron chi connectivity index (χ3n) is 4.29. The molecule has 0 bridgehead atoms. The summed E-state index contributed by atoms with van der Waals surface area (Å²) >= 11 is 0. The fraction of sp³-hybridized carbons (Fsp3) is 0.100. The van der Waals surface area contributed by atoms with Gasteiger partial charge in [0, 0.05) is 18.0 Å². The number of aromatic nitrogens is 3. The summed E-state index contributed by atoms with van der Waals surface area (Å²) in [6, 6.07) is 20.9. The van der Waals surface area contributed by atoms with Gasteiger partial charge in [0.05, 0.1) is 11.4 Å². The molecule has 0 fully saturated rings. The number of aryl methyl sites for hydroxylation is 2. The van der Waals surface area contributed by atoms with Gasteiger partial charge < -0.3 is 4.57 Å². The number of benzene rings is 2. The molecule has 3 nitrogen and oxygen atoms in total. The fourth-order valence-electron chi connectivity index (χ4n) is 3.07.